The first-order valence-corrected chi connectivity index (χ1v) is 11.3. The Morgan fingerprint density at radius 2 is 1.91 bits per heavy atom. The molecule has 9 heteroatoms. The second-order valence-corrected chi connectivity index (χ2v) is 8.77. The Kier molecular flexibility index (Phi) is 5.88. The first-order chi connectivity index (χ1) is 16.9. The molecule has 5 rings (SSSR count). The van der Waals surface area contributed by atoms with Crippen LogP contribution in [0.15, 0.2) is 61.2 Å². The summed E-state index contributed by atoms with van der Waals surface area (Å²) >= 11 is 6.16. The highest BCUT2D eigenvalue weighted by molar-refractivity contribution is 6.35. The van der Waals surface area contributed by atoms with E-state index in [-0.39, 0.29) is 5.91 Å². The van der Waals surface area contributed by atoms with Gasteiger partial charge in [0.25, 0.3) is 11.8 Å². The van der Waals surface area contributed by atoms with Crippen molar-refractivity contribution in [2.75, 3.05) is 0 Å². The molecule has 0 aliphatic heterocycles. The van der Waals surface area contributed by atoms with Gasteiger partial charge in [-0.05, 0) is 60.0 Å². The third kappa shape index (κ3) is 4.69. The lowest BCUT2D eigenvalue weighted by molar-refractivity contribution is 0.0949. The molecule has 5 aromatic rings. The van der Waals surface area contributed by atoms with Crippen molar-refractivity contribution in [1.29, 1.82) is 0 Å². The van der Waals surface area contributed by atoms with Gasteiger partial charge in [-0.15, -0.1) is 0 Å². The number of aromatic amines is 1. The van der Waals surface area contributed by atoms with Crippen LogP contribution in [0.5, 0.6) is 0 Å². The number of fused-ring (bicyclic) bond motifs is 2. The van der Waals surface area contributed by atoms with Gasteiger partial charge in [0.15, 0.2) is 0 Å². The molecule has 0 atom stereocenters. The molecule has 0 saturated heterocycles. The predicted molar refractivity (Wildman–Crippen MR) is 134 cm³/mol. The molecule has 0 aliphatic rings. The first kappa shape index (κ1) is 22.5. The quantitative estimate of drug-likeness (QED) is 0.334. The zero-order valence-electron chi connectivity index (χ0n) is 18.8. The van der Waals surface area contributed by atoms with Crippen LogP contribution in [0.3, 0.4) is 0 Å². The molecule has 4 aromatic heterocycles. The van der Waals surface area contributed by atoms with Gasteiger partial charge in [-0.3, -0.25) is 19.6 Å². The average Bonchev–Trinajstić information content (AvgIpc) is 3.22. The number of aryl methyl sites for hydroxylation is 1. The average molecular weight is 485 g/mol. The summed E-state index contributed by atoms with van der Waals surface area (Å²) in [7, 11) is 0. The van der Waals surface area contributed by atoms with Crippen molar-refractivity contribution >= 4 is 45.4 Å². The second-order valence-electron chi connectivity index (χ2n) is 8.36. The highest BCUT2D eigenvalue weighted by atomic mass is 35.5. The van der Waals surface area contributed by atoms with Gasteiger partial charge in [0.2, 0.25) is 0 Å². The number of hydrogen-bond donors (Lipinski definition) is 3. The van der Waals surface area contributed by atoms with E-state index in [1.54, 1.807) is 43.0 Å². The fraction of sp³-hybridized carbons (Fsp3) is 0.115. The van der Waals surface area contributed by atoms with E-state index >= 15 is 0 Å². The Morgan fingerprint density at radius 1 is 1.06 bits per heavy atom. The Bertz CT molecular complexity index is 1610. The van der Waals surface area contributed by atoms with Gasteiger partial charge in [0.1, 0.15) is 5.65 Å². The topological polar surface area (TPSA) is 127 Å². The monoisotopic (exact) mass is 484 g/mol. The number of benzene rings is 1. The van der Waals surface area contributed by atoms with E-state index < -0.39 is 5.91 Å². The fourth-order valence-corrected chi connectivity index (χ4v) is 4.23. The lowest BCUT2D eigenvalue weighted by Gasteiger charge is -2.10. The van der Waals surface area contributed by atoms with E-state index in [0.717, 1.165) is 27.5 Å². The second kappa shape index (κ2) is 9.15. The molecule has 0 unspecified atom stereocenters. The van der Waals surface area contributed by atoms with E-state index in [4.69, 9.17) is 17.3 Å². The molecular weight excluding hydrogens is 464 g/mol. The normalized spacial score (nSPS) is 11.1. The molecule has 0 aliphatic carbocycles. The largest absolute Gasteiger partial charge is 0.366 e. The Balaban J connectivity index is 1.34. The van der Waals surface area contributed by atoms with Gasteiger partial charge in [-0.2, -0.15) is 0 Å². The molecule has 4 heterocycles. The number of nitrogens with zero attached hydrogens (tertiary/aromatic N) is 3. The molecule has 0 spiro atoms. The highest BCUT2D eigenvalue weighted by Gasteiger charge is 2.13. The van der Waals surface area contributed by atoms with E-state index in [9.17, 15) is 9.59 Å². The molecular formula is C26H21ClN6O2. The predicted octanol–water partition coefficient (Wildman–Crippen LogP) is 4.09. The maximum atomic E-state index is 12.8. The van der Waals surface area contributed by atoms with Gasteiger partial charge in [0, 0.05) is 59.8 Å². The molecule has 0 saturated carbocycles. The number of halogens is 1. The first-order valence-electron chi connectivity index (χ1n) is 10.9. The summed E-state index contributed by atoms with van der Waals surface area (Å²) in [5.41, 5.74) is 11.1. The van der Waals surface area contributed by atoms with Crippen LogP contribution in [0.1, 0.15) is 43.1 Å². The Labute approximate surface area is 205 Å². The van der Waals surface area contributed by atoms with E-state index in [1.807, 2.05) is 25.1 Å². The minimum Gasteiger partial charge on any atom is -0.366 e. The van der Waals surface area contributed by atoms with E-state index in [0.29, 0.717) is 46.0 Å². The number of nitrogens with one attached hydrogen (secondary N) is 2. The standard InChI is InChI=1S/C26H21ClN6O2/c1-14-4-18-5-15(7-21(24(28)34)23(18)30-10-14)6-19-9-17(2-3-29-19)26(35)33-12-16-8-20-22(27)13-32-25(20)31-11-16/h2-5,7-11,13H,6,12H2,1H3,(H2,28,34)(H,31,32)(H,33,35). The molecule has 0 fully saturated rings. The summed E-state index contributed by atoms with van der Waals surface area (Å²) in [5, 5.41) is 5.13. The maximum absolute atomic E-state index is 12.8. The molecule has 174 valence electrons. The van der Waals surface area contributed by atoms with Crippen LogP contribution in [0, 0.1) is 6.92 Å². The van der Waals surface area contributed by atoms with Crippen LogP contribution in [0.25, 0.3) is 21.9 Å². The molecule has 4 N–H and O–H groups in total. The molecule has 0 bridgehead atoms. The fourth-order valence-electron chi connectivity index (χ4n) is 4.03. The number of H-pyrrole nitrogens is 1. The SMILES string of the molecule is Cc1cnc2c(C(N)=O)cc(Cc3cc(C(=O)NCc4cnc5[nH]cc(Cl)c5c4)ccn3)cc2c1. The summed E-state index contributed by atoms with van der Waals surface area (Å²) in [5.74, 6) is -0.770. The summed E-state index contributed by atoms with van der Waals surface area (Å²) < 4.78 is 0. The highest BCUT2D eigenvalue weighted by Crippen LogP contribution is 2.23. The van der Waals surface area contributed by atoms with Crippen molar-refractivity contribution in [2.24, 2.45) is 5.73 Å². The number of amides is 2. The van der Waals surface area contributed by atoms with Gasteiger partial charge < -0.3 is 16.0 Å². The van der Waals surface area contributed by atoms with E-state index in [2.05, 4.69) is 25.3 Å². The summed E-state index contributed by atoms with van der Waals surface area (Å²) in [6.45, 7) is 2.24. The Hall–Kier alpha value is -4.30. The number of carbonyl (C=O) groups is 2. The summed E-state index contributed by atoms with van der Waals surface area (Å²) in [6, 6.07) is 10.9. The Morgan fingerprint density at radius 3 is 2.74 bits per heavy atom. The zero-order valence-corrected chi connectivity index (χ0v) is 19.6. The minimum absolute atomic E-state index is 0.231. The number of rotatable bonds is 6. The third-order valence-corrected chi connectivity index (χ3v) is 6.01. The van der Waals surface area contributed by atoms with Crippen LogP contribution >= 0.6 is 11.6 Å². The number of carbonyl (C=O) groups excluding carboxylic acids is 2. The molecule has 2 amide bonds. The number of nitrogens with two attached hydrogens (primary N) is 1. The number of primary amides is 1. The van der Waals surface area contributed by atoms with Crippen molar-refractivity contribution in [3.63, 3.8) is 0 Å². The van der Waals surface area contributed by atoms with Crippen LogP contribution in [-0.2, 0) is 13.0 Å². The lowest BCUT2D eigenvalue weighted by atomic mass is 10.00. The maximum Gasteiger partial charge on any atom is 0.251 e. The van der Waals surface area contributed by atoms with Crippen LogP contribution in [0.4, 0.5) is 0 Å². The molecule has 0 radical (unpaired) electrons. The van der Waals surface area contributed by atoms with Gasteiger partial charge >= 0.3 is 0 Å². The summed E-state index contributed by atoms with van der Waals surface area (Å²) in [4.78, 5) is 40.9. The van der Waals surface area contributed by atoms with Crippen LogP contribution < -0.4 is 11.1 Å². The van der Waals surface area contributed by atoms with E-state index in [1.165, 1.54) is 0 Å². The van der Waals surface area contributed by atoms with Crippen molar-refractivity contribution in [1.82, 2.24) is 25.3 Å². The van der Waals surface area contributed by atoms with Gasteiger partial charge in [-0.25, -0.2) is 4.98 Å². The number of aromatic nitrogens is 4. The number of pyridine rings is 3. The third-order valence-electron chi connectivity index (χ3n) is 5.70. The lowest BCUT2D eigenvalue weighted by Crippen LogP contribution is -2.23. The van der Waals surface area contributed by atoms with Crippen LogP contribution in [-0.4, -0.2) is 31.8 Å². The van der Waals surface area contributed by atoms with Crippen molar-refractivity contribution < 1.29 is 9.59 Å². The number of hydrogen-bond acceptors (Lipinski definition) is 5. The van der Waals surface area contributed by atoms with Crippen molar-refractivity contribution in [2.45, 2.75) is 19.9 Å². The zero-order chi connectivity index (χ0) is 24.5. The van der Waals surface area contributed by atoms with Gasteiger partial charge in [-0.1, -0.05) is 11.6 Å². The minimum atomic E-state index is -0.539. The molecule has 1 aromatic carbocycles. The van der Waals surface area contributed by atoms with Crippen LogP contribution in [0.2, 0.25) is 5.02 Å². The summed E-state index contributed by atoms with van der Waals surface area (Å²) in [6.07, 6.45) is 7.11. The van der Waals surface area contributed by atoms with Crippen molar-refractivity contribution in [3.05, 3.63) is 99.7 Å². The molecule has 8 nitrogen and oxygen atoms in total. The van der Waals surface area contributed by atoms with Crippen molar-refractivity contribution in [3.8, 4) is 0 Å². The van der Waals surface area contributed by atoms with Gasteiger partial charge in [0.05, 0.1) is 16.1 Å². The molecule has 35 heavy (non-hydrogen) atoms. The smallest absolute Gasteiger partial charge is 0.251 e.